The Bertz CT molecular complexity index is 1830. The van der Waals surface area contributed by atoms with E-state index in [4.69, 9.17) is 11.6 Å². The van der Waals surface area contributed by atoms with Crippen molar-refractivity contribution in [2.45, 2.75) is 0 Å². The molecule has 0 fully saturated rings. The molecule has 0 amide bonds. The van der Waals surface area contributed by atoms with Crippen molar-refractivity contribution < 1.29 is 0 Å². The van der Waals surface area contributed by atoms with Crippen LogP contribution in [0, 0.1) is 0 Å². The molecule has 0 atom stereocenters. The van der Waals surface area contributed by atoms with Crippen LogP contribution in [0.1, 0.15) is 0 Å². The summed E-state index contributed by atoms with van der Waals surface area (Å²) in [5, 5.41) is 5.75. The van der Waals surface area contributed by atoms with Crippen LogP contribution in [0.2, 0.25) is 5.02 Å². The summed E-state index contributed by atoms with van der Waals surface area (Å²) in [5.74, 6) is 0. The SMILES string of the molecule is Clc1cccc2sc3c(N(c4ccccc4)c4ccc5sc6ccccc6c5c4)cccc3c12. The van der Waals surface area contributed by atoms with Gasteiger partial charge in [0.2, 0.25) is 0 Å². The molecule has 4 heteroatoms. The molecule has 0 radical (unpaired) electrons. The third-order valence-corrected chi connectivity index (χ3v) is 8.98. The Morgan fingerprint density at radius 2 is 1.26 bits per heavy atom. The molecular weight excluding hydrogens is 474 g/mol. The molecule has 0 unspecified atom stereocenters. The second kappa shape index (κ2) is 7.85. The van der Waals surface area contributed by atoms with Gasteiger partial charge >= 0.3 is 0 Å². The zero-order valence-electron chi connectivity index (χ0n) is 18.0. The van der Waals surface area contributed by atoms with Crippen LogP contribution in [0.5, 0.6) is 0 Å². The topological polar surface area (TPSA) is 3.24 Å². The van der Waals surface area contributed by atoms with Gasteiger partial charge in [-0.15, -0.1) is 22.7 Å². The fourth-order valence-electron chi connectivity index (χ4n) is 4.82. The summed E-state index contributed by atoms with van der Waals surface area (Å²) < 4.78 is 5.08. The number of anilines is 3. The molecule has 7 aromatic rings. The van der Waals surface area contributed by atoms with Gasteiger partial charge in [0.05, 0.1) is 10.4 Å². The molecule has 2 heterocycles. The smallest absolute Gasteiger partial charge is 0.0640 e. The highest BCUT2D eigenvalue weighted by Gasteiger charge is 2.19. The lowest BCUT2D eigenvalue weighted by molar-refractivity contribution is 1.31. The first-order valence-electron chi connectivity index (χ1n) is 11.1. The molecule has 0 N–H and O–H groups in total. The van der Waals surface area contributed by atoms with Crippen molar-refractivity contribution in [2.24, 2.45) is 0 Å². The van der Waals surface area contributed by atoms with E-state index in [9.17, 15) is 0 Å². The summed E-state index contributed by atoms with van der Waals surface area (Å²) in [6.07, 6.45) is 0. The van der Waals surface area contributed by atoms with Gasteiger partial charge in [-0.3, -0.25) is 0 Å². The van der Waals surface area contributed by atoms with Gasteiger partial charge in [-0.25, -0.2) is 0 Å². The number of hydrogen-bond acceptors (Lipinski definition) is 3. The predicted octanol–water partition coefficient (Wildman–Crippen LogP) is 10.5. The Kier molecular flexibility index (Phi) is 4.63. The summed E-state index contributed by atoms with van der Waals surface area (Å²) in [4.78, 5) is 2.37. The van der Waals surface area contributed by atoms with E-state index < -0.39 is 0 Å². The largest absolute Gasteiger partial charge is 0.309 e. The highest BCUT2D eigenvalue weighted by atomic mass is 35.5. The number of fused-ring (bicyclic) bond motifs is 6. The van der Waals surface area contributed by atoms with Crippen LogP contribution >= 0.6 is 34.3 Å². The van der Waals surface area contributed by atoms with Crippen molar-refractivity contribution in [1.29, 1.82) is 0 Å². The van der Waals surface area contributed by atoms with Crippen LogP contribution in [-0.2, 0) is 0 Å². The van der Waals surface area contributed by atoms with Crippen molar-refractivity contribution in [1.82, 2.24) is 0 Å². The van der Waals surface area contributed by atoms with Gasteiger partial charge in [-0.05, 0) is 54.6 Å². The van der Waals surface area contributed by atoms with Crippen molar-refractivity contribution in [3.05, 3.63) is 114 Å². The quantitative estimate of drug-likeness (QED) is 0.237. The highest BCUT2D eigenvalue weighted by Crippen LogP contribution is 2.47. The fourth-order valence-corrected chi connectivity index (χ4v) is 7.47. The normalized spacial score (nSPS) is 11.7. The van der Waals surface area contributed by atoms with Crippen molar-refractivity contribution in [3.63, 3.8) is 0 Å². The van der Waals surface area contributed by atoms with Crippen LogP contribution in [0.3, 0.4) is 0 Å². The highest BCUT2D eigenvalue weighted by molar-refractivity contribution is 7.26. The van der Waals surface area contributed by atoms with Crippen LogP contribution in [-0.4, -0.2) is 0 Å². The zero-order chi connectivity index (χ0) is 22.6. The van der Waals surface area contributed by atoms with Crippen molar-refractivity contribution in [3.8, 4) is 0 Å². The first-order valence-corrected chi connectivity index (χ1v) is 13.2. The first kappa shape index (κ1) is 20.0. The van der Waals surface area contributed by atoms with E-state index in [-0.39, 0.29) is 0 Å². The molecule has 0 aliphatic rings. The molecule has 7 rings (SSSR count). The monoisotopic (exact) mass is 491 g/mol. The van der Waals surface area contributed by atoms with Gasteiger partial charge in [-0.1, -0.05) is 66.2 Å². The predicted molar refractivity (Wildman–Crippen MR) is 152 cm³/mol. The van der Waals surface area contributed by atoms with Crippen molar-refractivity contribution in [2.75, 3.05) is 4.90 Å². The van der Waals surface area contributed by atoms with E-state index >= 15 is 0 Å². The molecule has 0 aliphatic heterocycles. The number of para-hydroxylation sites is 1. The van der Waals surface area contributed by atoms with Gasteiger partial charge in [0, 0.05) is 52.0 Å². The first-order chi connectivity index (χ1) is 16.8. The third-order valence-electron chi connectivity index (χ3n) is 6.32. The Hall–Kier alpha value is -3.37. The van der Waals surface area contributed by atoms with Crippen molar-refractivity contribution >= 4 is 91.7 Å². The lowest BCUT2D eigenvalue weighted by Gasteiger charge is -2.26. The third kappa shape index (κ3) is 3.05. The Morgan fingerprint density at radius 3 is 2.18 bits per heavy atom. The molecular formula is C30H18ClNS2. The van der Waals surface area contributed by atoms with E-state index in [1.165, 1.54) is 40.6 Å². The summed E-state index contributed by atoms with van der Waals surface area (Å²) in [5.41, 5.74) is 3.45. The summed E-state index contributed by atoms with van der Waals surface area (Å²) in [6.45, 7) is 0. The molecule has 0 saturated heterocycles. The maximum absolute atomic E-state index is 6.65. The molecule has 0 aliphatic carbocycles. The number of nitrogens with zero attached hydrogens (tertiary/aromatic N) is 1. The number of rotatable bonds is 3. The van der Waals surface area contributed by atoms with Crippen LogP contribution in [0.4, 0.5) is 17.1 Å². The molecule has 0 bridgehead atoms. The number of thiophene rings is 2. The maximum atomic E-state index is 6.65. The lowest BCUT2D eigenvalue weighted by Crippen LogP contribution is -2.09. The number of hydrogen-bond donors (Lipinski definition) is 0. The summed E-state index contributed by atoms with van der Waals surface area (Å²) in [6, 6.07) is 38.8. The Balaban J connectivity index is 1.53. The van der Waals surface area contributed by atoms with E-state index in [1.807, 2.05) is 23.5 Å². The molecule has 162 valence electrons. The molecule has 0 saturated carbocycles. The number of halogens is 1. The van der Waals surface area contributed by atoms with Crippen LogP contribution in [0.25, 0.3) is 40.3 Å². The minimum absolute atomic E-state index is 0.804. The molecule has 0 spiro atoms. The van der Waals surface area contributed by atoms with E-state index in [0.717, 1.165) is 21.8 Å². The fraction of sp³-hybridized carbons (Fsp3) is 0. The standard InChI is InChI=1S/C30H18ClNS2/c31-24-12-7-15-28-29(24)22-11-6-13-25(30(22)34-28)32(19-8-2-1-3-9-19)20-16-17-27-23(18-20)21-10-4-5-14-26(21)33-27/h1-18H. The van der Waals surface area contributed by atoms with Gasteiger partial charge in [0.15, 0.2) is 0 Å². The lowest BCUT2D eigenvalue weighted by atomic mass is 10.1. The second-order valence-corrected chi connectivity index (χ2v) is 10.9. The van der Waals surface area contributed by atoms with Gasteiger partial charge in [-0.2, -0.15) is 0 Å². The molecule has 34 heavy (non-hydrogen) atoms. The molecule has 2 aromatic heterocycles. The molecule has 1 nitrogen and oxygen atoms in total. The van der Waals surface area contributed by atoms with E-state index in [0.29, 0.717) is 0 Å². The van der Waals surface area contributed by atoms with E-state index in [2.05, 4.69) is 102 Å². The van der Waals surface area contributed by atoms with Gasteiger partial charge in [0.25, 0.3) is 0 Å². The average Bonchev–Trinajstić information content (AvgIpc) is 3.44. The number of benzene rings is 5. The van der Waals surface area contributed by atoms with Crippen LogP contribution < -0.4 is 4.90 Å². The van der Waals surface area contributed by atoms with Gasteiger partial charge < -0.3 is 4.90 Å². The van der Waals surface area contributed by atoms with E-state index in [1.54, 1.807) is 11.3 Å². The Labute approximate surface area is 210 Å². The minimum Gasteiger partial charge on any atom is -0.309 e. The second-order valence-electron chi connectivity index (χ2n) is 8.32. The summed E-state index contributed by atoms with van der Waals surface area (Å²) in [7, 11) is 0. The minimum atomic E-state index is 0.804. The van der Waals surface area contributed by atoms with Gasteiger partial charge in [0.1, 0.15) is 0 Å². The Morgan fingerprint density at radius 1 is 0.529 bits per heavy atom. The average molecular weight is 492 g/mol. The van der Waals surface area contributed by atoms with Crippen LogP contribution in [0.15, 0.2) is 109 Å². The zero-order valence-corrected chi connectivity index (χ0v) is 20.4. The maximum Gasteiger partial charge on any atom is 0.0640 e. The molecule has 5 aromatic carbocycles. The summed E-state index contributed by atoms with van der Waals surface area (Å²) >= 11 is 10.3.